The minimum absolute atomic E-state index is 0.151. The topological polar surface area (TPSA) is 72.8 Å². The summed E-state index contributed by atoms with van der Waals surface area (Å²) in [4.78, 5) is 14.8. The second-order valence-electron chi connectivity index (χ2n) is 8.88. The maximum atomic E-state index is 12.4. The first-order valence-corrected chi connectivity index (χ1v) is 11.0. The number of rotatable bonds is 6. The second-order valence-corrected chi connectivity index (χ2v) is 9.32. The van der Waals surface area contributed by atoms with Gasteiger partial charge >= 0.3 is 5.97 Å². The van der Waals surface area contributed by atoms with Gasteiger partial charge in [0.25, 0.3) is 0 Å². The van der Waals surface area contributed by atoms with Crippen LogP contribution >= 0.6 is 11.6 Å². The summed E-state index contributed by atoms with van der Waals surface area (Å²) in [6.45, 7) is 3.86. The monoisotopic (exact) mass is 428 g/mol. The molecule has 0 amide bonds. The molecule has 0 saturated heterocycles. The minimum Gasteiger partial charge on any atom is -0.480 e. The minimum atomic E-state index is -1.01. The van der Waals surface area contributed by atoms with Crippen LogP contribution in [0.5, 0.6) is 0 Å². The zero-order valence-electron chi connectivity index (χ0n) is 17.3. The van der Waals surface area contributed by atoms with Gasteiger partial charge in [0.15, 0.2) is 0 Å². The zero-order chi connectivity index (χ0) is 21.4. The van der Waals surface area contributed by atoms with Gasteiger partial charge in [0.05, 0.1) is 0 Å². The summed E-state index contributed by atoms with van der Waals surface area (Å²) in [7, 11) is 0. The van der Waals surface area contributed by atoms with Crippen LogP contribution in [-0.4, -0.2) is 39.8 Å². The SMILES string of the molecule is C[C@@H](CO)CN1Cc2ccccc2C12CCC(Nc1cccc(Cl)c1)(C(=O)O)CC2. The van der Waals surface area contributed by atoms with Crippen molar-refractivity contribution in [2.75, 3.05) is 18.5 Å². The first-order chi connectivity index (χ1) is 14.4. The van der Waals surface area contributed by atoms with Crippen LogP contribution in [0.25, 0.3) is 0 Å². The highest BCUT2D eigenvalue weighted by molar-refractivity contribution is 6.30. The van der Waals surface area contributed by atoms with E-state index in [1.54, 1.807) is 12.1 Å². The summed E-state index contributed by atoms with van der Waals surface area (Å²) in [5.74, 6) is -0.647. The van der Waals surface area contributed by atoms with E-state index in [1.165, 1.54) is 11.1 Å². The van der Waals surface area contributed by atoms with Crippen molar-refractivity contribution in [3.63, 3.8) is 0 Å². The lowest BCUT2D eigenvalue weighted by atomic mass is 9.69. The summed E-state index contributed by atoms with van der Waals surface area (Å²) in [5.41, 5.74) is 2.18. The molecule has 2 aliphatic rings. The normalized spacial score (nSPS) is 27.0. The van der Waals surface area contributed by atoms with Crippen LogP contribution in [0.15, 0.2) is 48.5 Å². The predicted octanol–water partition coefficient (Wildman–Crippen LogP) is 4.49. The molecule has 30 heavy (non-hydrogen) atoms. The Labute approximate surface area is 182 Å². The highest BCUT2D eigenvalue weighted by Crippen LogP contribution is 2.51. The number of nitrogens with one attached hydrogen (secondary N) is 1. The molecule has 1 saturated carbocycles. The van der Waals surface area contributed by atoms with Crippen LogP contribution < -0.4 is 5.32 Å². The fourth-order valence-electron chi connectivity index (χ4n) is 5.22. The van der Waals surface area contributed by atoms with Gasteiger partial charge in [-0.05, 0) is 60.9 Å². The number of carboxylic acids is 1. The van der Waals surface area contributed by atoms with E-state index in [9.17, 15) is 15.0 Å². The quantitative estimate of drug-likeness (QED) is 0.632. The number of fused-ring (bicyclic) bond motifs is 2. The van der Waals surface area contributed by atoms with Crippen LogP contribution in [0, 0.1) is 5.92 Å². The largest absolute Gasteiger partial charge is 0.480 e. The number of anilines is 1. The fourth-order valence-corrected chi connectivity index (χ4v) is 5.41. The van der Waals surface area contributed by atoms with Gasteiger partial charge in [0.2, 0.25) is 0 Å². The Morgan fingerprint density at radius 1 is 1.17 bits per heavy atom. The predicted molar refractivity (Wildman–Crippen MR) is 119 cm³/mol. The third-order valence-corrected chi connectivity index (χ3v) is 7.11. The number of aliphatic hydroxyl groups is 1. The van der Waals surface area contributed by atoms with Crippen LogP contribution in [0.4, 0.5) is 5.69 Å². The Hall–Kier alpha value is -2.08. The molecule has 160 valence electrons. The number of carboxylic acid groups (broad SMARTS) is 1. The summed E-state index contributed by atoms with van der Waals surface area (Å²) in [6, 6.07) is 15.7. The van der Waals surface area contributed by atoms with Crippen molar-refractivity contribution in [1.82, 2.24) is 4.90 Å². The molecule has 1 heterocycles. The molecule has 5 nitrogen and oxygen atoms in total. The van der Waals surface area contributed by atoms with E-state index in [0.717, 1.165) is 31.6 Å². The molecular weight excluding hydrogens is 400 g/mol. The maximum absolute atomic E-state index is 12.4. The van der Waals surface area contributed by atoms with Crippen molar-refractivity contribution in [2.45, 2.75) is 50.2 Å². The number of halogens is 1. The van der Waals surface area contributed by atoms with Crippen molar-refractivity contribution in [3.05, 3.63) is 64.7 Å². The first kappa shape index (κ1) is 21.2. The van der Waals surface area contributed by atoms with E-state index >= 15 is 0 Å². The number of benzene rings is 2. The Balaban J connectivity index is 1.63. The molecule has 2 aromatic rings. The number of hydrogen-bond donors (Lipinski definition) is 3. The molecule has 1 aliphatic carbocycles. The van der Waals surface area contributed by atoms with E-state index in [0.29, 0.717) is 17.9 Å². The summed E-state index contributed by atoms with van der Waals surface area (Å²) >= 11 is 6.11. The van der Waals surface area contributed by atoms with Crippen molar-refractivity contribution in [3.8, 4) is 0 Å². The smallest absolute Gasteiger partial charge is 0.329 e. The molecule has 2 aromatic carbocycles. The van der Waals surface area contributed by atoms with Crippen LogP contribution in [0.1, 0.15) is 43.7 Å². The van der Waals surface area contributed by atoms with E-state index in [4.69, 9.17) is 11.6 Å². The summed E-state index contributed by atoms with van der Waals surface area (Å²) < 4.78 is 0. The molecule has 4 rings (SSSR count). The zero-order valence-corrected chi connectivity index (χ0v) is 18.0. The average Bonchev–Trinajstić information content (AvgIpc) is 3.03. The molecule has 0 unspecified atom stereocenters. The molecular formula is C24H29ClN2O3. The van der Waals surface area contributed by atoms with E-state index < -0.39 is 11.5 Å². The van der Waals surface area contributed by atoms with Crippen LogP contribution in [0.2, 0.25) is 5.02 Å². The number of hydrogen-bond acceptors (Lipinski definition) is 4. The van der Waals surface area contributed by atoms with Gasteiger partial charge < -0.3 is 15.5 Å². The summed E-state index contributed by atoms with van der Waals surface area (Å²) in [6.07, 6.45) is 2.55. The van der Waals surface area contributed by atoms with E-state index in [-0.39, 0.29) is 18.1 Å². The van der Waals surface area contributed by atoms with Gasteiger partial charge in [-0.2, -0.15) is 0 Å². The third kappa shape index (κ3) is 3.70. The first-order valence-electron chi connectivity index (χ1n) is 10.6. The molecule has 3 N–H and O–H groups in total. The van der Waals surface area contributed by atoms with Gasteiger partial charge in [0.1, 0.15) is 5.54 Å². The molecule has 1 spiro atoms. The summed E-state index contributed by atoms with van der Waals surface area (Å²) in [5, 5.41) is 23.6. The van der Waals surface area contributed by atoms with Crippen LogP contribution in [-0.2, 0) is 16.9 Å². The fraction of sp³-hybridized carbons (Fsp3) is 0.458. The number of carbonyl (C=O) groups is 1. The molecule has 0 aromatic heterocycles. The van der Waals surface area contributed by atoms with Gasteiger partial charge in [-0.15, -0.1) is 0 Å². The van der Waals surface area contributed by atoms with Crippen molar-refractivity contribution in [1.29, 1.82) is 0 Å². The average molecular weight is 429 g/mol. The molecule has 1 fully saturated rings. The molecule has 6 heteroatoms. The van der Waals surface area contributed by atoms with E-state index in [1.807, 2.05) is 12.1 Å². The standard InChI is InChI=1S/C24H29ClN2O3/c1-17(16-28)14-27-15-18-5-2-3-8-21(18)24(27)11-9-23(10-12-24,22(29)30)26-20-7-4-6-19(25)13-20/h2-8,13,17,26,28H,9-12,14-16H2,1H3,(H,29,30)/t17-,23?,24?/m1/s1. The van der Waals surface area contributed by atoms with Gasteiger partial charge in [-0.3, -0.25) is 4.90 Å². The maximum Gasteiger partial charge on any atom is 0.329 e. The lowest BCUT2D eigenvalue weighted by molar-refractivity contribution is -0.145. The molecule has 1 atom stereocenters. The lowest BCUT2D eigenvalue weighted by Crippen LogP contribution is -2.55. The number of nitrogens with zero attached hydrogens (tertiary/aromatic N) is 1. The Morgan fingerprint density at radius 3 is 2.57 bits per heavy atom. The van der Waals surface area contributed by atoms with Gasteiger partial charge in [-0.1, -0.05) is 48.9 Å². The van der Waals surface area contributed by atoms with Crippen molar-refractivity contribution in [2.24, 2.45) is 5.92 Å². The van der Waals surface area contributed by atoms with Crippen molar-refractivity contribution >= 4 is 23.3 Å². The Kier molecular flexibility index (Phi) is 5.80. The molecule has 0 radical (unpaired) electrons. The van der Waals surface area contributed by atoms with Gasteiger partial charge in [-0.25, -0.2) is 4.79 Å². The Morgan fingerprint density at radius 2 is 1.90 bits per heavy atom. The van der Waals surface area contributed by atoms with Gasteiger partial charge in [0, 0.05) is 35.9 Å². The van der Waals surface area contributed by atoms with E-state index in [2.05, 4.69) is 41.4 Å². The third-order valence-electron chi connectivity index (χ3n) is 6.88. The number of aliphatic carboxylic acids is 1. The lowest BCUT2D eigenvalue weighted by Gasteiger charge is -2.48. The van der Waals surface area contributed by atoms with Crippen LogP contribution in [0.3, 0.4) is 0 Å². The highest BCUT2D eigenvalue weighted by Gasteiger charge is 2.53. The highest BCUT2D eigenvalue weighted by atomic mass is 35.5. The van der Waals surface area contributed by atoms with Crippen molar-refractivity contribution < 1.29 is 15.0 Å². The molecule has 1 aliphatic heterocycles. The molecule has 0 bridgehead atoms. The second kappa shape index (κ2) is 8.22. The number of aliphatic hydroxyl groups excluding tert-OH is 1. The Bertz CT molecular complexity index is 924.